The molecule has 2 aromatic rings. The number of aryl methyl sites for hydroxylation is 2. The van der Waals surface area contributed by atoms with Gasteiger partial charge < -0.3 is 15.2 Å². The SMILES string of the molecule is CCN1CCC(Cn2c(C)c(C)c3c(N)nc(C)nc32)C1. The molecular weight excluding hydrogens is 262 g/mol. The maximum absolute atomic E-state index is 6.12. The van der Waals surface area contributed by atoms with Crippen LogP contribution in [0.2, 0.25) is 0 Å². The zero-order chi connectivity index (χ0) is 15.1. The normalized spacial score (nSPS) is 19.7. The van der Waals surface area contributed by atoms with Crippen LogP contribution in [0.4, 0.5) is 5.82 Å². The van der Waals surface area contributed by atoms with Crippen molar-refractivity contribution in [1.82, 2.24) is 19.4 Å². The third-order valence-corrected chi connectivity index (χ3v) is 4.87. The van der Waals surface area contributed by atoms with Gasteiger partial charge in [0, 0.05) is 18.8 Å². The van der Waals surface area contributed by atoms with Gasteiger partial charge in [-0.1, -0.05) is 6.92 Å². The van der Waals surface area contributed by atoms with Gasteiger partial charge in [-0.15, -0.1) is 0 Å². The standard InChI is InChI=1S/C16H25N5/c1-5-20-7-6-13(8-20)9-21-11(3)10(2)14-15(17)18-12(4)19-16(14)21/h13H,5-9H2,1-4H3,(H2,17,18,19). The Kier molecular flexibility index (Phi) is 3.61. The second-order valence-corrected chi connectivity index (χ2v) is 6.22. The summed E-state index contributed by atoms with van der Waals surface area (Å²) >= 11 is 0. The predicted octanol–water partition coefficient (Wildman–Crippen LogP) is 2.28. The van der Waals surface area contributed by atoms with Crippen LogP contribution in [0.5, 0.6) is 0 Å². The van der Waals surface area contributed by atoms with E-state index in [0.29, 0.717) is 11.7 Å². The van der Waals surface area contributed by atoms with Crippen LogP contribution in [-0.4, -0.2) is 39.1 Å². The van der Waals surface area contributed by atoms with Gasteiger partial charge in [-0.2, -0.15) is 0 Å². The highest BCUT2D eigenvalue weighted by Crippen LogP contribution is 2.29. The minimum atomic E-state index is 0.610. The Balaban J connectivity index is 2.00. The van der Waals surface area contributed by atoms with Gasteiger partial charge in [-0.3, -0.25) is 0 Å². The van der Waals surface area contributed by atoms with E-state index in [1.807, 2.05) is 6.92 Å². The van der Waals surface area contributed by atoms with E-state index in [1.54, 1.807) is 0 Å². The summed E-state index contributed by atoms with van der Waals surface area (Å²) in [7, 11) is 0. The Bertz CT molecular complexity index is 673. The smallest absolute Gasteiger partial charge is 0.146 e. The van der Waals surface area contributed by atoms with Crippen molar-refractivity contribution in [2.45, 2.75) is 40.7 Å². The first-order chi connectivity index (χ1) is 10.0. The van der Waals surface area contributed by atoms with Gasteiger partial charge in [-0.25, -0.2) is 9.97 Å². The molecule has 0 spiro atoms. The summed E-state index contributed by atoms with van der Waals surface area (Å²) < 4.78 is 2.35. The fraction of sp³-hybridized carbons (Fsp3) is 0.625. The molecule has 5 nitrogen and oxygen atoms in total. The van der Waals surface area contributed by atoms with Crippen molar-refractivity contribution >= 4 is 16.9 Å². The molecule has 114 valence electrons. The monoisotopic (exact) mass is 287 g/mol. The maximum atomic E-state index is 6.12. The Morgan fingerprint density at radius 3 is 2.67 bits per heavy atom. The van der Waals surface area contributed by atoms with Crippen LogP contribution in [0, 0.1) is 26.7 Å². The van der Waals surface area contributed by atoms with Crippen LogP contribution < -0.4 is 5.73 Å². The zero-order valence-corrected chi connectivity index (χ0v) is 13.5. The number of aromatic nitrogens is 3. The number of nitrogen functional groups attached to an aromatic ring is 1. The Morgan fingerprint density at radius 2 is 2.00 bits per heavy atom. The fourth-order valence-electron chi connectivity index (χ4n) is 3.51. The Morgan fingerprint density at radius 1 is 1.24 bits per heavy atom. The summed E-state index contributed by atoms with van der Waals surface area (Å²) in [5.74, 6) is 2.06. The number of fused-ring (bicyclic) bond motifs is 1. The van der Waals surface area contributed by atoms with E-state index >= 15 is 0 Å². The van der Waals surface area contributed by atoms with Crippen molar-refractivity contribution in [3.63, 3.8) is 0 Å². The van der Waals surface area contributed by atoms with Crippen molar-refractivity contribution in [2.75, 3.05) is 25.4 Å². The van der Waals surface area contributed by atoms with Crippen LogP contribution in [0.3, 0.4) is 0 Å². The lowest BCUT2D eigenvalue weighted by Crippen LogP contribution is -2.21. The van der Waals surface area contributed by atoms with Gasteiger partial charge >= 0.3 is 0 Å². The molecule has 0 bridgehead atoms. The van der Waals surface area contributed by atoms with Crippen LogP contribution >= 0.6 is 0 Å². The lowest BCUT2D eigenvalue weighted by molar-refractivity contribution is 0.333. The minimum absolute atomic E-state index is 0.610. The van der Waals surface area contributed by atoms with E-state index in [4.69, 9.17) is 5.73 Å². The molecule has 1 aliphatic heterocycles. The Hall–Kier alpha value is -1.62. The van der Waals surface area contributed by atoms with Crippen LogP contribution in [-0.2, 0) is 6.54 Å². The molecule has 3 heterocycles. The first-order valence-electron chi connectivity index (χ1n) is 7.83. The lowest BCUT2D eigenvalue weighted by atomic mass is 10.1. The molecule has 3 rings (SSSR count). The number of anilines is 1. The second kappa shape index (κ2) is 5.30. The highest BCUT2D eigenvalue weighted by atomic mass is 15.2. The summed E-state index contributed by atoms with van der Waals surface area (Å²) in [6.45, 7) is 13.0. The molecule has 0 radical (unpaired) electrons. The number of rotatable bonds is 3. The van der Waals surface area contributed by atoms with Crippen LogP contribution in [0.15, 0.2) is 0 Å². The van der Waals surface area contributed by atoms with Crippen LogP contribution in [0.25, 0.3) is 11.0 Å². The third kappa shape index (κ3) is 2.39. The summed E-state index contributed by atoms with van der Waals surface area (Å²) in [5.41, 5.74) is 9.61. The Labute approximate surface area is 126 Å². The number of hydrogen-bond acceptors (Lipinski definition) is 4. The first kappa shape index (κ1) is 14.3. The summed E-state index contributed by atoms with van der Waals surface area (Å²) in [6.07, 6.45) is 1.27. The van der Waals surface area contributed by atoms with Gasteiger partial charge in [0.25, 0.3) is 0 Å². The summed E-state index contributed by atoms with van der Waals surface area (Å²) in [4.78, 5) is 11.5. The van der Waals surface area contributed by atoms with E-state index in [2.05, 4.69) is 40.2 Å². The highest BCUT2D eigenvalue weighted by Gasteiger charge is 2.24. The molecule has 2 N–H and O–H groups in total. The molecule has 0 aromatic carbocycles. The third-order valence-electron chi connectivity index (χ3n) is 4.87. The minimum Gasteiger partial charge on any atom is -0.383 e. The van der Waals surface area contributed by atoms with Gasteiger partial charge in [0.2, 0.25) is 0 Å². The number of nitrogens with zero attached hydrogens (tertiary/aromatic N) is 4. The van der Waals surface area contributed by atoms with Crippen molar-refractivity contribution in [1.29, 1.82) is 0 Å². The fourth-order valence-corrected chi connectivity index (χ4v) is 3.51. The zero-order valence-electron chi connectivity index (χ0n) is 13.5. The molecule has 1 saturated heterocycles. The van der Waals surface area contributed by atoms with E-state index in [1.165, 1.54) is 30.8 Å². The van der Waals surface area contributed by atoms with Crippen LogP contribution in [0.1, 0.15) is 30.4 Å². The molecule has 21 heavy (non-hydrogen) atoms. The van der Waals surface area contributed by atoms with Crippen molar-refractivity contribution in [3.05, 3.63) is 17.1 Å². The van der Waals surface area contributed by atoms with Gasteiger partial charge in [-0.05, 0) is 51.8 Å². The molecule has 1 aliphatic rings. The quantitative estimate of drug-likeness (QED) is 0.941. The molecule has 0 aliphatic carbocycles. The second-order valence-electron chi connectivity index (χ2n) is 6.22. The maximum Gasteiger partial charge on any atom is 0.146 e. The van der Waals surface area contributed by atoms with E-state index in [-0.39, 0.29) is 0 Å². The molecule has 0 saturated carbocycles. The average Bonchev–Trinajstić information content (AvgIpc) is 2.98. The largest absolute Gasteiger partial charge is 0.383 e. The molecule has 1 atom stereocenters. The topological polar surface area (TPSA) is 60.0 Å². The van der Waals surface area contributed by atoms with Crippen molar-refractivity contribution in [2.24, 2.45) is 5.92 Å². The average molecular weight is 287 g/mol. The lowest BCUT2D eigenvalue weighted by Gasteiger charge is -2.15. The van der Waals surface area contributed by atoms with E-state index < -0.39 is 0 Å². The molecule has 0 amide bonds. The number of nitrogens with two attached hydrogens (primary N) is 1. The predicted molar refractivity (Wildman–Crippen MR) is 86.4 cm³/mol. The molecular formula is C16H25N5. The molecule has 1 fully saturated rings. The number of hydrogen-bond donors (Lipinski definition) is 1. The summed E-state index contributed by atoms with van der Waals surface area (Å²) in [5, 5.41) is 1.03. The first-order valence-corrected chi connectivity index (χ1v) is 7.83. The van der Waals surface area contributed by atoms with Crippen molar-refractivity contribution < 1.29 is 0 Å². The van der Waals surface area contributed by atoms with Crippen molar-refractivity contribution in [3.8, 4) is 0 Å². The van der Waals surface area contributed by atoms with E-state index in [9.17, 15) is 0 Å². The number of likely N-dealkylation sites (tertiary alicyclic amines) is 1. The van der Waals surface area contributed by atoms with Gasteiger partial charge in [0.1, 0.15) is 17.3 Å². The summed E-state index contributed by atoms with van der Waals surface area (Å²) in [6, 6.07) is 0. The molecule has 2 aromatic heterocycles. The van der Waals surface area contributed by atoms with Gasteiger partial charge in [0.15, 0.2) is 0 Å². The molecule has 1 unspecified atom stereocenters. The molecule has 5 heteroatoms. The van der Waals surface area contributed by atoms with Gasteiger partial charge in [0.05, 0.1) is 5.39 Å². The highest BCUT2D eigenvalue weighted by molar-refractivity contribution is 5.91. The van der Waals surface area contributed by atoms with E-state index in [0.717, 1.165) is 29.9 Å².